The van der Waals surface area contributed by atoms with Crippen LogP contribution in [0.1, 0.15) is 12.5 Å². The maximum absolute atomic E-state index is 12.9. The number of aromatic nitrogens is 3. The van der Waals surface area contributed by atoms with Crippen LogP contribution in [0.4, 0.5) is 18.3 Å². The van der Waals surface area contributed by atoms with Crippen LogP contribution >= 0.6 is 22.9 Å². The fourth-order valence-corrected chi connectivity index (χ4v) is 3.97. The topological polar surface area (TPSA) is 77.0 Å². The highest BCUT2D eigenvalue weighted by atomic mass is 35.5. The Hall–Kier alpha value is -3.24. The number of nitrogens with zero attached hydrogens (tertiary/aromatic N) is 3. The molecule has 0 bridgehead atoms. The van der Waals surface area contributed by atoms with Crippen LogP contribution in [-0.2, 0) is 11.0 Å². The highest BCUT2D eigenvalue weighted by molar-refractivity contribution is 7.22. The molecule has 158 valence electrons. The molecule has 0 fully saturated rings. The maximum atomic E-state index is 12.9. The van der Waals surface area contributed by atoms with E-state index in [1.807, 2.05) is 6.07 Å². The molecule has 0 unspecified atom stereocenters. The number of rotatable bonds is 4. The Bertz CT molecular complexity index is 1290. The summed E-state index contributed by atoms with van der Waals surface area (Å²) < 4.78 is 45.3. The Labute approximate surface area is 182 Å². The van der Waals surface area contributed by atoms with Crippen molar-refractivity contribution in [3.63, 3.8) is 0 Å². The number of halogens is 4. The van der Waals surface area contributed by atoms with Crippen molar-refractivity contribution in [3.8, 4) is 22.9 Å². The van der Waals surface area contributed by atoms with Gasteiger partial charge in [0.1, 0.15) is 11.8 Å². The van der Waals surface area contributed by atoms with E-state index in [0.29, 0.717) is 27.7 Å². The van der Waals surface area contributed by atoms with Crippen LogP contribution in [0, 0.1) is 0 Å². The Morgan fingerprint density at radius 1 is 1.16 bits per heavy atom. The molecule has 0 saturated carbocycles. The molecule has 1 amide bonds. The van der Waals surface area contributed by atoms with Crippen molar-refractivity contribution in [1.29, 1.82) is 0 Å². The molecule has 0 saturated heterocycles. The lowest BCUT2D eigenvalue weighted by Crippen LogP contribution is -2.04. The molecule has 2 aromatic carbocycles. The third-order valence-electron chi connectivity index (χ3n) is 4.09. The van der Waals surface area contributed by atoms with Crippen LogP contribution in [-0.4, -0.2) is 20.9 Å². The smallest absolute Gasteiger partial charge is 0.416 e. The summed E-state index contributed by atoms with van der Waals surface area (Å²) in [5.41, 5.74) is 0.288. The van der Waals surface area contributed by atoms with Crippen LogP contribution in [0.25, 0.3) is 21.5 Å². The zero-order chi connectivity index (χ0) is 22.2. The fourth-order valence-electron chi connectivity index (χ4n) is 2.76. The Morgan fingerprint density at radius 2 is 1.97 bits per heavy atom. The van der Waals surface area contributed by atoms with E-state index in [4.69, 9.17) is 16.3 Å². The summed E-state index contributed by atoms with van der Waals surface area (Å²) in [5, 5.41) is 2.96. The summed E-state index contributed by atoms with van der Waals surface area (Å²) >= 11 is 7.35. The number of benzene rings is 2. The van der Waals surface area contributed by atoms with Gasteiger partial charge in [0.2, 0.25) is 11.8 Å². The quantitative estimate of drug-likeness (QED) is 0.390. The first-order valence-electron chi connectivity index (χ1n) is 8.75. The Morgan fingerprint density at radius 3 is 2.68 bits per heavy atom. The van der Waals surface area contributed by atoms with Crippen molar-refractivity contribution < 1.29 is 22.7 Å². The van der Waals surface area contributed by atoms with Crippen molar-refractivity contribution in [1.82, 2.24) is 15.0 Å². The second kappa shape index (κ2) is 8.12. The SMILES string of the molecule is CC(=O)Nc1nc2c(Oc3cc(-c4ccc(C(F)(F)F)cc4Cl)ncn3)cccc2s1. The van der Waals surface area contributed by atoms with E-state index in [-0.39, 0.29) is 16.8 Å². The number of hydrogen-bond donors (Lipinski definition) is 1. The first kappa shape index (κ1) is 21.0. The molecule has 0 aliphatic rings. The van der Waals surface area contributed by atoms with Gasteiger partial charge in [-0.3, -0.25) is 4.79 Å². The first-order valence-corrected chi connectivity index (χ1v) is 9.94. The summed E-state index contributed by atoms with van der Waals surface area (Å²) in [6, 6.07) is 9.78. The van der Waals surface area contributed by atoms with Crippen molar-refractivity contribution in [2.45, 2.75) is 13.1 Å². The number of carbonyl (C=O) groups excluding carboxylic acids is 1. The zero-order valence-electron chi connectivity index (χ0n) is 15.7. The van der Waals surface area contributed by atoms with Crippen LogP contribution < -0.4 is 10.1 Å². The molecule has 31 heavy (non-hydrogen) atoms. The lowest BCUT2D eigenvalue weighted by atomic mass is 10.1. The van der Waals surface area contributed by atoms with Gasteiger partial charge < -0.3 is 10.1 Å². The largest absolute Gasteiger partial charge is 0.437 e. The molecule has 0 spiro atoms. The molecule has 4 rings (SSSR count). The third kappa shape index (κ3) is 4.59. The molecule has 2 aromatic heterocycles. The average Bonchev–Trinajstić information content (AvgIpc) is 3.10. The van der Waals surface area contributed by atoms with Crippen LogP contribution in [0.15, 0.2) is 48.8 Å². The normalized spacial score (nSPS) is 11.5. The van der Waals surface area contributed by atoms with Gasteiger partial charge in [0.25, 0.3) is 0 Å². The molecule has 0 aliphatic carbocycles. The highest BCUT2D eigenvalue weighted by Crippen LogP contribution is 2.37. The zero-order valence-corrected chi connectivity index (χ0v) is 17.3. The maximum Gasteiger partial charge on any atom is 0.416 e. The van der Waals surface area contributed by atoms with Gasteiger partial charge in [-0.2, -0.15) is 13.2 Å². The second-order valence-corrected chi connectivity index (χ2v) is 7.78. The lowest BCUT2D eigenvalue weighted by Gasteiger charge is -2.10. The number of carbonyl (C=O) groups is 1. The molecule has 11 heteroatoms. The van der Waals surface area contributed by atoms with E-state index in [1.165, 1.54) is 36.7 Å². The van der Waals surface area contributed by atoms with Crippen LogP contribution in [0.2, 0.25) is 5.02 Å². The Kier molecular flexibility index (Phi) is 5.50. The average molecular weight is 465 g/mol. The number of amides is 1. The first-order chi connectivity index (χ1) is 14.7. The summed E-state index contributed by atoms with van der Waals surface area (Å²) in [4.78, 5) is 23.8. The molecule has 0 atom stereocenters. The predicted molar refractivity (Wildman–Crippen MR) is 111 cm³/mol. The minimum Gasteiger partial charge on any atom is -0.437 e. The second-order valence-electron chi connectivity index (χ2n) is 6.34. The number of thiazole rings is 1. The van der Waals surface area contributed by atoms with Gasteiger partial charge in [-0.15, -0.1) is 0 Å². The summed E-state index contributed by atoms with van der Waals surface area (Å²) in [6.07, 6.45) is -3.27. The summed E-state index contributed by atoms with van der Waals surface area (Å²) in [6.45, 7) is 1.39. The number of nitrogens with one attached hydrogen (secondary N) is 1. The van der Waals surface area contributed by atoms with E-state index in [9.17, 15) is 18.0 Å². The minimum atomic E-state index is -4.50. The van der Waals surface area contributed by atoms with E-state index in [0.717, 1.165) is 16.8 Å². The van der Waals surface area contributed by atoms with Crippen molar-refractivity contribution in [2.24, 2.45) is 0 Å². The van der Waals surface area contributed by atoms with Crippen molar-refractivity contribution in [3.05, 3.63) is 59.4 Å². The minimum absolute atomic E-state index is 0.0963. The number of fused-ring (bicyclic) bond motifs is 1. The van der Waals surface area contributed by atoms with Gasteiger partial charge >= 0.3 is 6.18 Å². The van der Waals surface area contributed by atoms with E-state index >= 15 is 0 Å². The van der Waals surface area contributed by atoms with Gasteiger partial charge in [-0.05, 0) is 24.3 Å². The number of hydrogen-bond acceptors (Lipinski definition) is 6. The van der Waals surface area contributed by atoms with Gasteiger partial charge in [-0.1, -0.05) is 35.1 Å². The molecule has 0 radical (unpaired) electrons. The molecule has 1 N–H and O–H groups in total. The molecule has 2 heterocycles. The molecular formula is C20H12ClF3N4O2S. The monoisotopic (exact) mass is 464 g/mol. The Balaban J connectivity index is 1.66. The third-order valence-corrected chi connectivity index (χ3v) is 5.34. The molecule has 6 nitrogen and oxygen atoms in total. The molecule has 4 aromatic rings. The number of para-hydroxylation sites is 1. The van der Waals surface area contributed by atoms with Gasteiger partial charge in [0.05, 0.1) is 21.0 Å². The predicted octanol–water partition coefficient (Wildman–Crippen LogP) is 6.18. The van der Waals surface area contributed by atoms with Crippen molar-refractivity contribution in [2.75, 3.05) is 5.32 Å². The van der Waals surface area contributed by atoms with E-state index in [2.05, 4.69) is 20.3 Å². The lowest BCUT2D eigenvalue weighted by molar-refractivity contribution is -0.137. The fraction of sp³-hybridized carbons (Fsp3) is 0.100. The summed E-state index contributed by atoms with van der Waals surface area (Å²) in [5.74, 6) is 0.312. The number of anilines is 1. The van der Waals surface area contributed by atoms with Crippen LogP contribution in [0.3, 0.4) is 0 Å². The highest BCUT2D eigenvalue weighted by Gasteiger charge is 2.31. The van der Waals surface area contributed by atoms with Gasteiger partial charge in [-0.25, -0.2) is 15.0 Å². The summed E-state index contributed by atoms with van der Waals surface area (Å²) in [7, 11) is 0. The number of alkyl halides is 3. The van der Waals surface area contributed by atoms with E-state index < -0.39 is 11.7 Å². The van der Waals surface area contributed by atoms with Gasteiger partial charge in [0, 0.05) is 18.6 Å². The number of ether oxygens (including phenoxy) is 1. The standard InChI is InChI=1S/C20H12ClF3N4O2S/c1-10(29)27-19-28-18-15(3-2-4-16(18)31-19)30-17-8-14(25-9-26-17)12-6-5-11(7-13(12)21)20(22,23)24/h2-9H,1H3,(H,27,28,29). The van der Waals surface area contributed by atoms with Crippen LogP contribution in [0.5, 0.6) is 11.6 Å². The van der Waals surface area contributed by atoms with Gasteiger partial charge in [0.15, 0.2) is 10.9 Å². The van der Waals surface area contributed by atoms with Crippen molar-refractivity contribution >= 4 is 44.2 Å². The molecule has 0 aliphatic heterocycles. The van der Waals surface area contributed by atoms with E-state index in [1.54, 1.807) is 12.1 Å². The molecular weight excluding hydrogens is 453 g/mol.